The SMILES string of the molecule is N#Cc1cccnc1Cl.N#Cc1cccnc1S(=O)(=O)c1ccc(/C=C/c2ccc(F)cc2)cc1. The van der Waals surface area contributed by atoms with E-state index in [4.69, 9.17) is 22.1 Å². The maximum absolute atomic E-state index is 12.9. The van der Waals surface area contributed by atoms with Crippen molar-refractivity contribution in [3.05, 3.63) is 118 Å². The highest BCUT2D eigenvalue weighted by Crippen LogP contribution is 2.22. The Morgan fingerprint density at radius 3 is 1.80 bits per heavy atom. The molecule has 0 atom stereocenters. The van der Waals surface area contributed by atoms with Crippen LogP contribution in [0.3, 0.4) is 0 Å². The molecule has 4 aromatic rings. The van der Waals surface area contributed by atoms with Crippen molar-refractivity contribution in [1.29, 1.82) is 10.5 Å². The third kappa shape index (κ3) is 6.58. The number of aromatic nitrogens is 2. The van der Waals surface area contributed by atoms with Crippen LogP contribution in [0.5, 0.6) is 0 Å². The summed E-state index contributed by atoms with van der Waals surface area (Å²) in [7, 11) is -3.87. The highest BCUT2D eigenvalue weighted by molar-refractivity contribution is 7.91. The van der Waals surface area contributed by atoms with Gasteiger partial charge in [-0.05, 0) is 59.7 Å². The third-order valence-corrected chi connectivity index (χ3v) is 6.58. The molecule has 0 saturated heterocycles. The van der Waals surface area contributed by atoms with Gasteiger partial charge in [0.05, 0.1) is 16.0 Å². The summed E-state index contributed by atoms with van der Waals surface area (Å²) in [6.07, 6.45) is 6.48. The van der Waals surface area contributed by atoms with Crippen molar-refractivity contribution in [2.24, 2.45) is 0 Å². The van der Waals surface area contributed by atoms with Crippen molar-refractivity contribution in [3.8, 4) is 12.1 Å². The van der Waals surface area contributed by atoms with Gasteiger partial charge in [-0.15, -0.1) is 0 Å². The zero-order valence-electron chi connectivity index (χ0n) is 18.0. The van der Waals surface area contributed by atoms with E-state index >= 15 is 0 Å². The van der Waals surface area contributed by atoms with Gasteiger partial charge in [-0.1, -0.05) is 48.0 Å². The quantitative estimate of drug-likeness (QED) is 0.261. The number of nitrogens with zero attached hydrogens (tertiary/aromatic N) is 4. The highest BCUT2D eigenvalue weighted by Gasteiger charge is 2.22. The molecule has 0 saturated carbocycles. The maximum Gasteiger partial charge on any atom is 0.225 e. The average Bonchev–Trinajstić information content (AvgIpc) is 2.89. The molecular formula is C26H16ClFN4O2S. The Morgan fingerprint density at radius 2 is 1.29 bits per heavy atom. The fourth-order valence-electron chi connectivity index (χ4n) is 2.80. The highest BCUT2D eigenvalue weighted by atomic mass is 35.5. The van der Waals surface area contributed by atoms with Gasteiger partial charge < -0.3 is 0 Å². The molecule has 0 fully saturated rings. The molecule has 172 valence electrons. The second-order valence-electron chi connectivity index (χ2n) is 6.88. The molecule has 35 heavy (non-hydrogen) atoms. The van der Waals surface area contributed by atoms with Crippen molar-refractivity contribution >= 4 is 33.6 Å². The molecule has 0 radical (unpaired) electrons. The summed E-state index contributed by atoms with van der Waals surface area (Å²) >= 11 is 5.49. The molecule has 9 heteroatoms. The van der Waals surface area contributed by atoms with Gasteiger partial charge in [0.25, 0.3) is 0 Å². The second-order valence-corrected chi connectivity index (χ2v) is 9.10. The first kappa shape index (κ1) is 25.3. The van der Waals surface area contributed by atoms with Crippen LogP contribution in [0.15, 0.2) is 95.1 Å². The Bertz CT molecular complexity index is 1540. The molecule has 2 heterocycles. The largest absolute Gasteiger partial charge is 0.243 e. The molecule has 0 unspecified atom stereocenters. The Hall–Kier alpha value is -4.37. The zero-order chi connectivity index (χ0) is 25.3. The zero-order valence-corrected chi connectivity index (χ0v) is 19.6. The summed E-state index contributed by atoms with van der Waals surface area (Å²) < 4.78 is 38.2. The second kappa shape index (κ2) is 11.7. The first-order valence-corrected chi connectivity index (χ1v) is 11.9. The Kier molecular flexibility index (Phi) is 8.42. The van der Waals surface area contributed by atoms with Gasteiger partial charge in [0.2, 0.25) is 9.84 Å². The number of benzene rings is 2. The lowest BCUT2D eigenvalue weighted by Gasteiger charge is -2.05. The molecular weight excluding hydrogens is 487 g/mol. The number of nitriles is 2. The molecule has 0 aliphatic carbocycles. The van der Waals surface area contributed by atoms with E-state index in [2.05, 4.69) is 9.97 Å². The topological polar surface area (TPSA) is 108 Å². The molecule has 0 bridgehead atoms. The Balaban J connectivity index is 0.000000320. The van der Waals surface area contributed by atoms with Crippen LogP contribution in [-0.2, 0) is 9.84 Å². The van der Waals surface area contributed by atoms with Crippen LogP contribution in [0.4, 0.5) is 4.39 Å². The van der Waals surface area contributed by atoms with Crippen LogP contribution in [0, 0.1) is 28.5 Å². The number of halogens is 2. The molecule has 0 N–H and O–H groups in total. The summed E-state index contributed by atoms with van der Waals surface area (Å²) in [5, 5.41) is 17.4. The van der Waals surface area contributed by atoms with Crippen LogP contribution in [0.2, 0.25) is 5.15 Å². The Morgan fingerprint density at radius 1 is 0.771 bits per heavy atom. The first-order valence-electron chi connectivity index (χ1n) is 9.99. The number of hydrogen-bond acceptors (Lipinski definition) is 6. The minimum atomic E-state index is -3.87. The summed E-state index contributed by atoms with van der Waals surface area (Å²) in [4.78, 5) is 7.60. The summed E-state index contributed by atoms with van der Waals surface area (Å²) in [5.74, 6) is -0.303. The van der Waals surface area contributed by atoms with Crippen LogP contribution < -0.4 is 0 Å². The van der Waals surface area contributed by atoms with Crippen LogP contribution in [-0.4, -0.2) is 18.4 Å². The summed E-state index contributed by atoms with van der Waals surface area (Å²) in [6.45, 7) is 0. The molecule has 0 amide bonds. The van der Waals surface area contributed by atoms with Crippen molar-refractivity contribution in [2.75, 3.05) is 0 Å². The smallest absolute Gasteiger partial charge is 0.225 e. The van der Waals surface area contributed by atoms with Crippen molar-refractivity contribution in [2.45, 2.75) is 9.92 Å². The predicted molar refractivity (Wildman–Crippen MR) is 130 cm³/mol. The van der Waals surface area contributed by atoms with E-state index in [0.29, 0.717) is 5.56 Å². The van der Waals surface area contributed by atoms with Gasteiger partial charge in [-0.3, -0.25) is 0 Å². The molecule has 6 nitrogen and oxygen atoms in total. The monoisotopic (exact) mass is 502 g/mol. The van der Waals surface area contributed by atoms with Crippen molar-refractivity contribution < 1.29 is 12.8 Å². The minimum absolute atomic E-state index is 0.00721. The lowest BCUT2D eigenvalue weighted by molar-refractivity contribution is 0.592. The maximum atomic E-state index is 12.9. The lowest BCUT2D eigenvalue weighted by Crippen LogP contribution is -2.06. The minimum Gasteiger partial charge on any atom is -0.243 e. The van der Waals surface area contributed by atoms with Gasteiger partial charge in [0.15, 0.2) is 5.03 Å². The first-order chi connectivity index (χ1) is 16.8. The fraction of sp³-hybridized carbons (Fsp3) is 0. The van der Waals surface area contributed by atoms with Gasteiger partial charge in [-0.2, -0.15) is 10.5 Å². The lowest BCUT2D eigenvalue weighted by atomic mass is 10.1. The van der Waals surface area contributed by atoms with Gasteiger partial charge in [0, 0.05) is 12.4 Å². The predicted octanol–water partition coefficient (Wildman–Crippen LogP) is 5.70. The molecule has 0 spiro atoms. The normalized spacial score (nSPS) is 10.6. The third-order valence-electron chi connectivity index (χ3n) is 4.55. The van der Waals surface area contributed by atoms with E-state index in [-0.39, 0.29) is 26.5 Å². The summed E-state index contributed by atoms with van der Waals surface area (Å²) in [6, 6.07) is 22.2. The standard InChI is InChI=1S/C20H13FN2O2S.C6H3ClN2/c21-18-9-5-15(6-10-18)3-4-16-7-11-19(12-8-16)26(24,25)20-17(14-22)2-1-13-23-20;7-6-5(4-8)2-1-3-9-6/h1-13H;1-3H/b4-3+;. The van der Waals surface area contributed by atoms with E-state index in [1.807, 2.05) is 12.1 Å². The van der Waals surface area contributed by atoms with Crippen LogP contribution in [0.1, 0.15) is 22.3 Å². The van der Waals surface area contributed by atoms with Gasteiger partial charge >= 0.3 is 0 Å². The number of hydrogen-bond donors (Lipinski definition) is 0. The summed E-state index contributed by atoms with van der Waals surface area (Å²) in [5.41, 5.74) is 2.04. The van der Waals surface area contributed by atoms with Crippen molar-refractivity contribution in [3.63, 3.8) is 0 Å². The van der Waals surface area contributed by atoms with Gasteiger partial charge in [-0.25, -0.2) is 22.8 Å². The molecule has 0 aliphatic heterocycles. The fourth-order valence-corrected chi connectivity index (χ4v) is 4.28. The number of pyridine rings is 2. The van der Waals surface area contributed by atoms with Gasteiger partial charge in [0.1, 0.15) is 23.1 Å². The van der Waals surface area contributed by atoms with Crippen LogP contribution >= 0.6 is 11.6 Å². The van der Waals surface area contributed by atoms with Crippen LogP contribution in [0.25, 0.3) is 12.2 Å². The van der Waals surface area contributed by atoms with Crippen molar-refractivity contribution in [1.82, 2.24) is 9.97 Å². The van der Waals surface area contributed by atoms with E-state index in [1.54, 1.807) is 54.7 Å². The van der Waals surface area contributed by atoms with E-state index in [9.17, 15) is 12.8 Å². The number of rotatable bonds is 4. The molecule has 4 rings (SSSR count). The molecule has 2 aromatic carbocycles. The van der Waals surface area contributed by atoms with E-state index in [1.165, 1.54) is 42.6 Å². The molecule has 2 aromatic heterocycles. The van der Waals surface area contributed by atoms with E-state index < -0.39 is 9.84 Å². The average molecular weight is 503 g/mol. The molecule has 0 aliphatic rings. The number of sulfone groups is 1. The van der Waals surface area contributed by atoms with E-state index in [0.717, 1.165) is 11.1 Å². The Labute approximate surface area is 207 Å².